The van der Waals surface area contributed by atoms with Crippen LogP contribution in [0.5, 0.6) is 0 Å². The van der Waals surface area contributed by atoms with Gasteiger partial charge in [-0.15, -0.1) is 11.3 Å². The monoisotopic (exact) mass is 357 g/mol. The van der Waals surface area contributed by atoms with Crippen molar-refractivity contribution in [1.29, 1.82) is 5.26 Å². The number of benzene rings is 1. The van der Waals surface area contributed by atoms with Crippen molar-refractivity contribution in [1.82, 2.24) is 5.32 Å². The second-order valence-electron chi connectivity index (χ2n) is 6.21. The van der Waals surface area contributed by atoms with Crippen LogP contribution in [0.2, 0.25) is 5.02 Å². The number of thiophene rings is 1. The van der Waals surface area contributed by atoms with E-state index in [9.17, 15) is 10.1 Å². The number of carbonyl (C=O) groups excluding carboxylic acids is 1. The van der Waals surface area contributed by atoms with E-state index in [2.05, 4.69) is 16.7 Å². The van der Waals surface area contributed by atoms with Crippen molar-refractivity contribution < 1.29 is 4.79 Å². The quantitative estimate of drug-likeness (QED) is 0.881. The number of hydrogen-bond donors (Lipinski definition) is 2. The zero-order chi connectivity index (χ0) is 16.7. The molecule has 0 spiro atoms. The summed E-state index contributed by atoms with van der Waals surface area (Å²) in [7, 11) is 0. The van der Waals surface area contributed by atoms with E-state index in [0.29, 0.717) is 15.6 Å². The first kappa shape index (κ1) is 15.6. The molecule has 2 atom stereocenters. The predicted octanol–water partition coefficient (Wildman–Crippen LogP) is 3.66. The third kappa shape index (κ3) is 2.71. The Hall–Kier alpha value is -1.87. The van der Waals surface area contributed by atoms with Crippen molar-refractivity contribution in [3.63, 3.8) is 0 Å². The van der Waals surface area contributed by atoms with Crippen LogP contribution in [-0.4, -0.2) is 12.5 Å². The van der Waals surface area contributed by atoms with Crippen molar-refractivity contribution in [2.75, 3.05) is 11.9 Å². The Balaban J connectivity index is 1.51. The Morgan fingerprint density at radius 3 is 3.04 bits per heavy atom. The van der Waals surface area contributed by atoms with Gasteiger partial charge in [0.05, 0.1) is 5.56 Å². The Bertz CT molecular complexity index is 854. The van der Waals surface area contributed by atoms with Crippen molar-refractivity contribution in [3.05, 3.63) is 50.9 Å². The lowest BCUT2D eigenvalue weighted by molar-refractivity contribution is -0.117. The van der Waals surface area contributed by atoms with E-state index < -0.39 is 0 Å². The predicted molar refractivity (Wildman–Crippen MR) is 95.4 cm³/mol. The molecule has 2 aliphatic rings. The summed E-state index contributed by atoms with van der Waals surface area (Å²) in [6.45, 7) is 1.65. The summed E-state index contributed by atoms with van der Waals surface area (Å²) in [6.07, 6.45) is 1.65. The van der Waals surface area contributed by atoms with Gasteiger partial charge < -0.3 is 10.6 Å². The maximum Gasteiger partial charge on any atom is 0.228 e. The number of nitrogens with zero attached hydrogens (tertiary/aromatic N) is 1. The Kier molecular flexibility index (Phi) is 4.05. The van der Waals surface area contributed by atoms with E-state index in [-0.39, 0.29) is 17.7 Å². The number of anilines is 1. The van der Waals surface area contributed by atoms with E-state index in [1.165, 1.54) is 11.3 Å². The third-order valence-corrected chi connectivity index (χ3v) is 6.20. The number of nitrogens with one attached hydrogen (secondary N) is 2. The second kappa shape index (κ2) is 6.21. The summed E-state index contributed by atoms with van der Waals surface area (Å²) in [5, 5.41) is 17.2. The topological polar surface area (TPSA) is 64.9 Å². The molecular formula is C18H16ClN3OS. The molecule has 4 rings (SSSR count). The maximum atomic E-state index is 12.6. The Morgan fingerprint density at radius 1 is 1.42 bits per heavy atom. The summed E-state index contributed by atoms with van der Waals surface area (Å²) < 4.78 is 0. The van der Waals surface area contributed by atoms with E-state index >= 15 is 0 Å². The van der Waals surface area contributed by atoms with Crippen LogP contribution in [0.3, 0.4) is 0 Å². The van der Waals surface area contributed by atoms with Crippen molar-refractivity contribution in [2.24, 2.45) is 5.92 Å². The second-order valence-corrected chi connectivity index (χ2v) is 7.72. The molecule has 1 aliphatic carbocycles. The minimum absolute atomic E-state index is 0.0111. The van der Waals surface area contributed by atoms with E-state index in [4.69, 9.17) is 11.6 Å². The highest BCUT2D eigenvalue weighted by Gasteiger charge is 2.45. The number of fused-ring (bicyclic) bond motifs is 1. The molecular weight excluding hydrogens is 342 g/mol. The largest absolute Gasteiger partial charge is 0.316 e. The highest BCUT2D eigenvalue weighted by Crippen LogP contribution is 2.50. The zero-order valence-corrected chi connectivity index (χ0v) is 14.5. The van der Waals surface area contributed by atoms with Crippen LogP contribution < -0.4 is 10.6 Å². The highest BCUT2D eigenvalue weighted by atomic mass is 35.5. The van der Waals surface area contributed by atoms with E-state index in [1.54, 1.807) is 0 Å². The minimum Gasteiger partial charge on any atom is -0.316 e. The fraction of sp³-hybridized carbons (Fsp3) is 0.333. The van der Waals surface area contributed by atoms with Gasteiger partial charge in [0.2, 0.25) is 5.91 Å². The van der Waals surface area contributed by atoms with Gasteiger partial charge in [0.1, 0.15) is 11.1 Å². The van der Waals surface area contributed by atoms with Crippen molar-refractivity contribution in [2.45, 2.75) is 25.3 Å². The lowest BCUT2D eigenvalue weighted by Gasteiger charge is -2.11. The molecule has 2 unspecified atom stereocenters. The van der Waals surface area contributed by atoms with Crippen LogP contribution in [-0.2, 0) is 17.8 Å². The van der Waals surface area contributed by atoms with Gasteiger partial charge in [0, 0.05) is 22.4 Å². The molecule has 1 amide bonds. The average molecular weight is 358 g/mol. The average Bonchev–Trinajstić information content (AvgIpc) is 3.30. The van der Waals surface area contributed by atoms with Gasteiger partial charge in [-0.3, -0.25) is 4.79 Å². The van der Waals surface area contributed by atoms with Crippen LogP contribution in [0.25, 0.3) is 0 Å². The molecule has 1 fully saturated rings. The van der Waals surface area contributed by atoms with Gasteiger partial charge in [-0.1, -0.05) is 29.8 Å². The van der Waals surface area contributed by atoms with Gasteiger partial charge in [-0.2, -0.15) is 5.26 Å². The van der Waals surface area contributed by atoms with Gasteiger partial charge in [0.25, 0.3) is 0 Å². The van der Waals surface area contributed by atoms with E-state index in [1.807, 2.05) is 24.3 Å². The van der Waals surface area contributed by atoms with Crippen LogP contribution in [0, 0.1) is 17.2 Å². The zero-order valence-electron chi connectivity index (χ0n) is 12.9. The smallest absolute Gasteiger partial charge is 0.228 e. The summed E-state index contributed by atoms with van der Waals surface area (Å²) in [4.78, 5) is 13.7. The molecule has 6 heteroatoms. The number of nitriles is 1. The van der Waals surface area contributed by atoms with Crippen LogP contribution >= 0.6 is 22.9 Å². The molecule has 1 aliphatic heterocycles. The molecule has 1 aromatic carbocycles. The molecule has 122 valence electrons. The van der Waals surface area contributed by atoms with Crippen LogP contribution in [0.4, 0.5) is 5.00 Å². The summed E-state index contributed by atoms with van der Waals surface area (Å²) in [6, 6.07) is 9.95. The first-order valence-corrected chi connectivity index (χ1v) is 9.19. The minimum atomic E-state index is -0.0614. The SMILES string of the molecule is N#Cc1c(NC(=O)C2CC2c2ccccc2Cl)sc2c1CCNC2. The Labute approximate surface area is 149 Å². The molecule has 2 aromatic rings. The maximum absolute atomic E-state index is 12.6. The van der Waals surface area contributed by atoms with Gasteiger partial charge in [-0.05, 0) is 42.5 Å². The Morgan fingerprint density at radius 2 is 2.25 bits per heavy atom. The van der Waals surface area contributed by atoms with Gasteiger partial charge in [0.15, 0.2) is 0 Å². The lowest BCUT2D eigenvalue weighted by Crippen LogP contribution is -2.22. The van der Waals surface area contributed by atoms with Crippen molar-refractivity contribution >= 4 is 33.8 Å². The molecule has 0 bridgehead atoms. The molecule has 0 saturated heterocycles. The number of amides is 1. The number of hydrogen-bond acceptors (Lipinski definition) is 4. The normalized spacial score (nSPS) is 21.7. The third-order valence-electron chi connectivity index (χ3n) is 4.71. The molecule has 24 heavy (non-hydrogen) atoms. The molecule has 0 radical (unpaired) electrons. The highest BCUT2D eigenvalue weighted by molar-refractivity contribution is 7.16. The molecule has 2 heterocycles. The van der Waals surface area contributed by atoms with E-state index in [0.717, 1.165) is 41.9 Å². The number of halogens is 1. The van der Waals surface area contributed by atoms with Gasteiger partial charge >= 0.3 is 0 Å². The molecule has 4 nitrogen and oxygen atoms in total. The standard InChI is InChI=1S/C18H16ClN3OS/c19-15-4-2-1-3-10(15)12-7-13(12)17(23)22-18-14(8-20)11-5-6-21-9-16(11)24-18/h1-4,12-13,21H,5-7,9H2,(H,22,23). The van der Waals surface area contributed by atoms with Crippen LogP contribution in [0.1, 0.15) is 33.9 Å². The summed E-state index contributed by atoms with van der Waals surface area (Å²) in [5.74, 6) is 0.108. The fourth-order valence-electron chi connectivity index (χ4n) is 3.35. The fourth-order valence-corrected chi connectivity index (χ4v) is 4.80. The summed E-state index contributed by atoms with van der Waals surface area (Å²) >= 11 is 7.74. The lowest BCUT2D eigenvalue weighted by atomic mass is 10.0. The number of rotatable bonds is 3. The molecule has 2 N–H and O–H groups in total. The number of carbonyl (C=O) groups is 1. The van der Waals surface area contributed by atoms with Crippen LogP contribution in [0.15, 0.2) is 24.3 Å². The first-order chi connectivity index (χ1) is 11.7. The molecule has 1 saturated carbocycles. The van der Waals surface area contributed by atoms with Crippen molar-refractivity contribution in [3.8, 4) is 6.07 Å². The molecule has 1 aromatic heterocycles. The van der Waals surface area contributed by atoms with Gasteiger partial charge in [-0.25, -0.2) is 0 Å². The first-order valence-electron chi connectivity index (χ1n) is 7.99. The summed E-state index contributed by atoms with van der Waals surface area (Å²) in [5.41, 5.74) is 2.77.